The number of alkyl halides is 6. The fraction of sp³-hybridized carbons (Fsp3) is 0.333. The molecule has 0 saturated heterocycles. The summed E-state index contributed by atoms with van der Waals surface area (Å²) in [6, 6.07) is 4.79. The van der Waals surface area contributed by atoms with Crippen molar-refractivity contribution in [3.05, 3.63) is 27.8 Å². The van der Waals surface area contributed by atoms with Gasteiger partial charge in [0.15, 0.2) is 0 Å². The summed E-state index contributed by atoms with van der Waals surface area (Å²) in [5, 5.41) is 0. The zero-order chi connectivity index (χ0) is 13.3. The van der Waals surface area contributed by atoms with Gasteiger partial charge in [-0.1, -0.05) is 0 Å². The first-order chi connectivity index (χ1) is 7.60. The molecule has 0 aliphatic carbocycles. The summed E-state index contributed by atoms with van der Waals surface area (Å²) in [5.74, 6) is -0.481. The Morgan fingerprint density at radius 2 is 1.29 bits per heavy atom. The summed E-state index contributed by atoms with van der Waals surface area (Å²) in [4.78, 5) is 0. The Bertz CT molecular complexity index is 355. The topological polar surface area (TPSA) is 9.23 Å². The van der Waals surface area contributed by atoms with Gasteiger partial charge in [0.2, 0.25) is 0 Å². The summed E-state index contributed by atoms with van der Waals surface area (Å²) in [5.41, 5.74) is 0. The smallest absolute Gasteiger partial charge is 0.434 e. The molecule has 0 saturated carbocycles. The molecule has 0 fully saturated rings. The number of rotatable bonds is 2. The van der Waals surface area contributed by atoms with Crippen LogP contribution in [-0.4, -0.2) is 18.5 Å². The Morgan fingerprint density at radius 1 is 0.882 bits per heavy atom. The van der Waals surface area contributed by atoms with Gasteiger partial charge in [0.1, 0.15) is 5.75 Å². The molecule has 0 atom stereocenters. The van der Waals surface area contributed by atoms with Crippen LogP contribution in [0.2, 0.25) is 0 Å². The zero-order valence-electron chi connectivity index (χ0n) is 7.94. The monoisotopic (exact) mass is 370 g/mol. The minimum Gasteiger partial charge on any atom is -0.471 e. The summed E-state index contributed by atoms with van der Waals surface area (Å²) in [7, 11) is 0. The van der Waals surface area contributed by atoms with Crippen LogP contribution < -0.4 is 4.74 Å². The molecular formula is C9H5F6IO. The van der Waals surface area contributed by atoms with Crippen LogP contribution in [0.4, 0.5) is 26.3 Å². The van der Waals surface area contributed by atoms with E-state index in [-0.39, 0.29) is 0 Å². The molecule has 0 spiro atoms. The number of hydrogen-bond acceptors (Lipinski definition) is 1. The first-order valence-corrected chi connectivity index (χ1v) is 5.24. The number of hydrogen-bond donors (Lipinski definition) is 0. The van der Waals surface area contributed by atoms with Gasteiger partial charge in [-0.3, -0.25) is 0 Å². The number of halogens is 7. The van der Waals surface area contributed by atoms with E-state index in [1.807, 2.05) is 22.6 Å². The average Bonchev–Trinajstić information content (AvgIpc) is 2.13. The standard InChI is InChI=1S/C9H5F6IO/c10-8(11,12)7(9(13,14)15)17-6-3-1-5(16)2-4-6/h1-4,7H. The van der Waals surface area contributed by atoms with E-state index in [2.05, 4.69) is 4.74 Å². The van der Waals surface area contributed by atoms with Crippen molar-refractivity contribution in [2.75, 3.05) is 0 Å². The quantitative estimate of drug-likeness (QED) is 0.561. The fourth-order valence-corrected chi connectivity index (χ4v) is 1.33. The van der Waals surface area contributed by atoms with Gasteiger partial charge < -0.3 is 4.74 Å². The maximum Gasteiger partial charge on any atom is 0.434 e. The van der Waals surface area contributed by atoms with Crippen molar-refractivity contribution in [3.8, 4) is 5.75 Å². The molecule has 0 aliphatic heterocycles. The molecule has 1 rings (SSSR count). The first-order valence-electron chi connectivity index (χ1n) is 4.16. The SMILES string of the molecule is FC(F)(F)C(Oc1ccc(I)cc1)C(F)(F)F. The van der Waals surface area contributed by atoms with E-state index in [1.54, 1.807) is 0 Å². The van der Waals surface area contributed by atoms with E-state index in [9.17, 15) is 26.3 Å². The van der Waals surface area contributed by atoms with Crippen molar-refractivity contribution >= 4 is 22.6 Å². The lowest BCUT2D eigenvalue weighted by atomic mass is 10.3. The van der Waals surface area contributed by atoms with Gasteiger partial charge in [0.25, 0.3) is 6.10 Å². The fourth-order valence-electron chi connectivity index (χ4n) is 0.968. The summed E-state index contributed by atoms with van der Waals surface area (Å²) >= 11 is 1.86. The summed E-state index contributed by atoms with van der Waals surface area (Å²) < 4.78 is 77.4. The van der Waals surface area contributed by atoms with Gasteiger partial charge in [-0.25, -0.2) is 0 Å². The number of ether oxygens (including phenoxy) is 1. The van der Waals surface area contributed by atoms with E-state index in [0.717, 1.165) is 12.1 Å². The van der Waals surface area contributed by atoms with E-state index < -0.39 is 24.2 Å². The van der Waals surface area contributed by atoms with Crippen LogP contribution in [0.25, 0.3) is 0 Å². The molecule has 0 aromatic heterocycles. The van der Waals surface area contributed by atoms with Crippen LogP contribution in [0.15, 0.2) is 24.3 Å². The van der Waals surface area contributed by atoms with Crippen molar-refractivity contribution in [3.63, 3.8) is 0 Å². The van der Waals surface area contributed by atoms with Crippen molar-refractivity contribution in [1.82, 2.24) is 0 Å². The molecule has 0 heterocycles. The molecule has 0 radical (unpaired) electrons. The molecule has 0 unspecified atom stereocenters. The first kappa shape index (κ1) is 14.4. The Labute approximate surface area is 106 Å². The molecule has 1 aromatic rings. The molecule has 0 aliphatic rings. The van der Waals surface area contributed by atoms with Gasteiger partial charge in [-0.2, -0.15) is 26.3 Å². The van der Waals surface area contributed by atoms with Crippen LogP contribution >= 0.6 is 22.6 Å². The van der Waals surface area contributed by atoms with Gasteiger partial charge in [-0.05, 0) is 46.9 Å². The second-order valence-corrected chi connectivity index (χ2v) is 4.28. The minimum atomic E-state index is -5.50. The lowest BCUT2D eigenvalue weighted by Gasteiger charge is -2.23. The normalized spacial score (nSPS) is 12.9. The highest BCUT2D eigenvalue weighted by atomic mass is 127. The zero-order valence-corrected chi connectivity index (χ0v) is 10.1. The van der Waals surface area contributed by atoms with Crippen LogP contribution in [-0.2, 0) is 0 Å². The third-order valence-electron chi connectivity index (χ3n) is 1.66. The van der Waals surface area contributed by atoms with Crippen molar-refractivity contribution in [2.24, 2.45) is 0 Å². The lowest BCUT2D eigenvalue weighted by molar-refractivity contribution is -0.299. The molecular weight excluding hydrogens is 365 g/mol. The maximum atomic E-state index is 12.1. The van der Waals surface area contributed by atoms with Crippen molar-refractivity contribution in [2.45, 2.75) is 18.5 Å². The second kappa shape index (κ2) is 4.91. The Morgan fingerprint density at radius 3 is 1.65 bits per heavy atom. The van der Waals surface area contributed by atoms with Crippen molar-refractivity contribution < 1.29 is 31.1 Å². The predicted octanol–water partition coefficient (Wildman–Crippen LogP) is 4.16. The highest BCUT2D eigenvalue weighted by Gasteiger charge is 2.59. The lowest BCUT2D eigenvalue weighted by Crippen LogP contribution is -2.46. The third kappa shape index (κ3) is 4.25. The van der Waals surface area contributed by atoms with Crippen LogP contribution in [0.3, 0.4) is 0 Å². The van der Waals surface area contributed by atoms with Gasteiger partial charge in [-0.15, -0.1) is 0 Å². The predicted molar refractivity (Wildman–Crippen MR) is 55.7 cm³/mol. The van der Waals surface area contributed by atoms with E-state index in [4.69, 9.17) is 0 Å². The van der Waals surface area contributed by atoms with Gasteiger partial charge >= 0.3 is 12.4 Å². The largest absolute Gasteiger partial charge is 0.471 e. The summed E-state index contributed by atoms with van der Waals surface area (Å²) in [6.07, 6.45) is -14.8. The molecule has 0 N–H and O–H groups in total. The molecule has 96 valence electrons. The van der Waals surface area contributed by atoms with E-state index >= 15 is 0 Å². The van der Waals surface area contributed by atoms with Crippen molar-refractivity contribution in [1.29, 1.82) is 0 Å². The third-order valence-corrected chi connectivity index (χ3v) is 2.38. The van der Waals surface area contributed by atoms with E-state index in [0.29, 0.717) is 3.57 Å². The van der Waals surface area contributed by atoms with E-state index in [1.165, 1.54) is 12.1 Å². The Balaban J connectivity index is 2.92. The van der Waals surface area contributed by atoms with Gasteiger partial charge in [0.05, 0.1) is 0 Å². The molecule has 17 heavy (non-hydrogen) atoms. The Kier molecular flexibility index (Phi) is 4.15. The molecule has 0 bridgehead atoms. The van der Waals surface area contributed by atoms with Crippen LogP contribution in [0.1, 0.15) is 0 Å². The molecule has 1 nitrogen and oxygen atoms in total. The summed E-state index contributed by atoms with van der Waals surface area (Å²) in [6.45, 7) is 0. The minimum absolute atomic E-state index is 0.481. The van der Waals surface area contributed by atoms with Gasteiger partial charge in [0, 0.05) is 3.57 Å². The second-order valence-electron chi connectivity index (χ2n) is 3.04. The highest BCUT2D eigenvalue weighted by Crippen LogP contribution is 2.36. The average molecular weight is 370 g/mol. The molecule has 8 heteroatoms. The highest BCUT2D eigenvalue weighted by molar-refractivity contribution is 14.1. The van der Waals surface area contributed by atoms with Crippen LogP contribution in [0, 0.1) is 3.57 Å². The molecule has 0 amide bonds. The van der Waals surface area contributed by atoms with Crippen LogP contribution in [0.5, 0.6) is 5.75 Å². The number of benzene rings is 1. The molecule has 1 aromatic carbocycles. The maximum absolute atomic E-state index is 12.1. The Hall–Kier alpha value is -0.670.